The second-order valence-corrected chi connectivity index (χ2v) is 9.64. The highest BCUT2D eigenvalue weighted by atomic mass is 16.6. The summed E-state index contributed by atoms with van der Waals surface area (Å²) in [5, 5.41) is 12.7. The minimum absolute atomic E-state index is 0.0751. The van der Waals surface area contributed by atoms with Gasteiger partial charge >= 0.3 is 5.97 Å². The molecule has 7 atom stereocenters. The number of esters is 1. The van der Waals surface area contributed by atoms with Crippen molar-refractivity contribution in [2.75, 3.05) is 0 Å². The van der Waals surface area contributed by atoms with E-state index in [-0.39, 0.29) is 17.0 Å². The number of carbonyl (C=O) groups excluding carboxylic acids is 1. The molecule has 1 spiro atoms. The molecule has 4 nitrogen and oxygen atoms in total. The van der Waals surface area contributed by atoms with E-state index in [1.165, 1.54) is 12.0 Å². The highest BCUT2D eigenvalue weighted by molar-refractivity contribution is 5.96. The molecule has 5 aliphatic rings. The molecule has 0 bridgehead atoms. The smallest absolute Gasteiger partial charge is 0.331 e. The summed E-state index contributed by atoms with van der Waals surface area (Å²) >= 11 is 0. The van der Waals surface area contributed by atoms with Crippen LogP contribution in [0.15, 0.2) is 41.6 Å². The zero-order valence-electron chi connectivity index (χ0n) is 16.8. The third kappa shape index (κ3) is 2.23. The molecule has 28 heavy (non-hydrogen) atoms. The zero-order valence-corrected chi connectivity index (χ0v) is 16.8. The van der Waals surface area contributed by atoms with Gasteiger partial charge in [-0.3, -0.25) is 0 Å². The van der Waals surface area contributed by atoms with Gasteiger partial charge in [0.05, 0.1) is 5.71 Å². The second kappa shape index (κ2) is 6.33. The van der Waals surface area contributed by atoms with Crippen molar-refractivity contribution in [2.24, 2.45) is 40.2 Å². The van der Waals surface area contributed by atoms with Crippen molar-refractivity contribution in [3.05, 3.63) is 36.5 Å². The van der Waals surface area contributed by atoms with Crippen molar-refractivity contribution >= 4 is 11.7 Å². The summed E-state index contributed by atoms with van der Waals surface area (Å²) in [7, 11) is 0. The van der Waals surface area contributed by atoms with E-state index < -0.39 is 0 Å². The number of ether oxygens (including phenoxy) is 1. The quantitative estimate of drug-likeness (QED) is 0.315. The molecule has 3 fully saturated rings. The van der Waals surface area contributed by atoms with Gasteiger partial charge in [0.15, 0.2) is 0 Å². The highest BCUT2D eigenvalue weighted by Crippen LogP contribution is 2.69. The van der Waals surface area contributed by atoms with Gasteiger partial charge < -0.3 is 9.94 Å². The normalized spacial score (nSPS) is 48.0. The maximum Gasteiger partial charge on any atom is 0.331 e. The Morgan fingerprint density at radius 3 is 2.89 bits per heavy atom. The van der Waals surface area contributed by atoms with E-state index in [2.05, 4.69) is 36.9 Å². The molecular weight excluding hydrogens is 350 g/mol. The van der Waals surface area contributed by atoms with Crippen LogP contribution in [-0.2, 0) is 9.53 Å². The first-order chi connectivity index (χ1) is 13.6. The minimum Gasteiger partial charge on any atom is -0.451 e. The molecule has 150 valence electrons. The van der Waals surface area contributed by atoms with Crippen LogP contribution in [0.25, 0.3) is 0 Å². The predicted molar refractivity (Wildman–Crippen MR) is 108 cm³/mol. The van der Waals surface area contributed by atoms with E-state index in [0.717, 1.165) is 50.7 Å². The maximum atomic E-state index is 12.0. The van der Waals surface area contributed by atoms with E-state index >= 15 is 0 Å². The van der Waals surface area contributed by atoms with Crippen LogP contribution in [-0.4, -0.2) is 22.5 Å². The summed E-state index contributed by atoms with van der Waals surface area (Å²) in [6.07, 6.45) is 16.6. The average Bonchev–Trinajstić information content (AvgIpc) is 3.27. The third-order valence-electron chi connectivity index (χ3n) is 9.12. The van der Waals surface area contributed by atoms with Gasteiger partial charge in [-0.25, -0.2) is 4.79 Å². The molecule has 0 aromatic rings. The Morgan fingerprint density at radius 1 is 1.36 bits per heavy atom. The SMILES string of the molecule is C=C[C@@H]1CC2=C/C(=N/O)CC[C@@H]2C2CC[C@@]3(CC)C(CC[C@@]34C=CC(=O)O4)C21. The second-order valence-electron chi connectivity index (χ2n) is 9.64. The number of hydrogen-bond donors (Lipinski definition) is 1. The Labute approximate surface area is 167 Å². The van der Waals surface area contributed by atoms with Crippen LogP contribution in [0.5, 0.6) is 0 Å². The Balaban J connectivity index is 1.54. The largest absolute Gasteiger partial charge is 0.451 e. The number of oxime groups is 1. The molecule has 0 amide bonds. The van der Waals surface area contributed by atoms with Crippen molar-refractivity contribution in [2.45, 2.75) is 63.9 Å². The number of allylic oxidation sites excluding steroid dienone is 3. The van der Waals surface area contributed by atoms with Crippen LogP contribution in [0.3, 0.4) is 0 Å². The average molecular weight is 382 g/mol. The number of rotatable bonds is 2. The summed E-state index contributed by atoms with van der Waals surface area (Å²) in [5.41, 5.74) is 1.99. The third-order valence-corrected chi connectivity index (χ3v) is 9.12. The van der Waals surface area contributed by atoms with Crippen LogP contribution in [0.1, 0.15) is 58.3 Å². The summed E-state index contributed by atoms with van der Waals surface area (Å²) in [5.74, 6) is 2.78. The molecule has 4 heteroatoms. The first-order valence-electron chi connectivity index (χ1n) is 11.0. The maximum absolute atomic E-state index is 12.0. The summed E-state index contributed by atoms with van der Waals surface area (Å²) in [4.78, 5) is 12.0. The molecule has 0 radical (unpaired) electrons. The van der Waals surface area contributed by atoms with Crippen LogP contribution in [0.2, 0.25) is 0 Å². The first kappa shape index (κ1) is 18.2. The van der Waals surface area contributed by atoms with Gasteiger partial charge in [-0.2, -0.15) is 0 Å². The fraction of sp³-hybridized carbons (Fsp3) is 0.667. The molecule has 4 aliphatic carbocycles. The monoisotopic (exact) mass is 381 g/mol. The minimum atomic E-state index is -0.375. The lowest BCUT2D eigenvalue weighted by molar-refractivity contribution is -0.165. The Morgan fingerprint density at radius 2 is 2.21 bits per heavy atom. The molecule has 5 rings (SSSR count). The molecule has 0 saturated heterocycles. The molecule has 1 aliphatic heterocycles. The van der Waals surface area contributed by atoms with Gasteiger partial charge in [-0.05, 0) is 93.1 Å². The number of hydrogen-bond acceptors (Lipinski definition) is 4. The lowest BCUT2D eigenvalue weighted by Crippen LogP contribution is -2.55. The van der Waals surface area contributed by atoms with E-state index in [4.69, 9.17) is 4.74 Å². The van der Waals surface area contributed by atoms with E-state index in [9.17, 15) is 10.0 Å². The first-order valence-corrected chi connectivity index (χ1v) is 11.0. The fourth-order valence-electron chi connectivity index (χ4n) is 8.07. The molecule has 1 heterocycles. The lowest BCUT2D eigenvalue weighted by Gasteiger charge is -2.58. The van der Waals surface area contributed by atoms with Crippen molar-refractivity contribution in [1.29, 1.82) is 0 Å². The van der Waals surface area contributed by atoms with Crippen LogP contribution < -0.4 is 0 Å². The van der Waals surface area contributed by atoms with Crippen LogP contribution in [0, 0.1) is 35.0 Å². The number of nitrogens with zero attached hydrogens (tertiary/aromatic N) is 1. The standard InChI is InChI=1S/C24H31NO3/c1-3-15-13-16-14-17(25-27)5-6-18(16)19-7-10-23(4-2)20(22(15)19)8-11-24(23)12-9-21(26)28-24/h3,9,12,14-15,18-20,22,27H,1,4-8,10-11,13H2,2H3/b25-17+/t15-,18+,19?,20?,22?,23+,24-/m1/s1. The van der Waals surface area contributed by atoms with E-state index in [0.29, 0.717) is 29.6 Å². The van der Waals surface area contributed by atoms with E-state index in [1.54, 1.807) is 6.08 Å². The molecule has 1 N–H and O–H groups in total. The van der Waals surface area contributed by atoms with Gasteiger partial charge in [-0.1, -0.05) is 23.7 Å². The molecular formula is C24H31NO3. The summed E-state index contributed by atoms with van der Waals surface area (Å²) in [6.45, 7) is 6.50. The topological polar surface area (TPSA) is 58.9 Å². The van der Waals surface area contributed by atoms with Gasteiger partial charge in [0.25, 0.3) is 0 Å². The zero-order chi connectivity index (χ0) is 19.5. The molecule has 3 unspecified atom stereocenters. The molecule has 0 aromatic heterocycles. The molecule has 0 aromatic carbocycles. The van der Waals surface area contributed by atoms with Gasteiger partial charge in [0.2, 0.25) is 0 Å². The van der Waals surface area contributed by atoms with Crippen molar-refractivity contribution < 1.29 is 14.7 Å². The Kier molecular flexibility index (Phi) is 4.12. The summed E-state index contributed by atoms with van der Waals surface area (Å²) in [6, 6.07) is 0. The van der Waals surface area contributed by atoms with Gasteiger partial charge in [0, 0.05) is 11.5 Å². The molecule has 3 saturated carbocycles. The van der Waals surface area contributed by atoms with Crippen molar-refractivity contribution in [3.8, 4) is 0 Å². The van der Waals surface area contributed by atoms with Crippen molar-refractivity contribution in [3.63, 3.8) is 0 Å². The van der Waals surface area contributed by atoms with Crippen LogP contribution in [0.4, 0.5) is 0 Å². The fourth-order valence-corrected chi connectivity index (χ4v) is 8.07. The highest BCUT2D eigenvalue weighted by Gasteiger charge is 2.67. The van der Waals surface area contributed by atoms with Gasteiger partial charge in [-0.15, -0.1) is 6.58 Å². The Bertz CT molecular complexity index is 796. The lowest BCUT2D eigenvalue weighted by atomic mass is 9.47. The van der Waals surface area contributed by atoms with Crippen molar-refractivity contribution in [1.82, 2.24) is 0 Å². The number of carbonyl (C=O) groups is 1. The van der Waals surface area contributed by atoms with Crippen LogP contribution >= 0.6 is 0 Å². The number of fused-ring (bicyclic) bond motifs is 6. The van der Waals surface area contributed by atoms with Gasteiger partial charge in [0.1, 0.15) is 5.60 Å². The predicted octanol–water partition coefficient (Wildman–Crippen LogP) is 5.04. The summed E-state index contributed by atoms with van der Waals surface area (Å²) < 4.78 is 6.03. The van der Waals surface area contributed by atoms with E-state index in [1.807, 2.05) is 0 Å². The Hall–Kier alpha value is -1.84.